The highest BCUT2D eigenvalue weighted by atomic mass is 16.5. The van der Waals surface area contributed by atoms with E-state index >= 15 is 0 Å². The van der Waals surface area contributed by atoms with Crippen LogP contribution in [0.3, 0.4) is 0 Å². The molecule has 26 heavy (non-hydrogen) atoms. The molecule has 3 rings (SSSR count). The second kappa shape index (κ2) is 8.37. The molecule has 0 aliphatic rings. The van der Waals surface area contributed by atoms with Crippen LogP contribution in [0.2, 0.25) is 0 Å². The molecule has 0 amide bonds. The second-order valence-electron chi connectivity index (χ2n) is 6.95. The van der Waals surface area contributed by atoms with Crippen molar-refractivity contribution in [2.75, 3.05) is 13.2 Å². The summed E-state index contributed by atoms with van der Waals surface area (Å²) in [7, 11) is 0. The number of aromatic nitrogens is 2. The summed E-state index contributed by atoms with van der Waals surface area (Å²) in [5.41, 5.74) is 5.95. The first-order chi connectivity index (χ1) is 12.6. The highest BCUT2D eigenvalue weighted by Crippen LogP contribution is 2.22. The number of imidazole rings is 1. The standard InChI is InChI=1S/C22H28N2O2/c1-16-6-8-19(9-7-16)26-13-5-4-11-24-21-15-18(3)17(2)14-20(21)23-22(24)10-12-25/h6-9,14-15,25H,4-5,10-13H2,1-3H3. The quantitative estimate of drug-likeness (QED) is 0.613. The molecule has 3 aromatic rings. The third kappa shape index (κ3) is 4.25. The van der Waals surface area contributed by atoms with Crippen molar-refractivity contribution in [3.8, 4) is 5.75 Å². The lowest BCUT2D eigenvalue weighted by atomic mass is 10.1. The van der Waals surface area contributed by atoms with E-state index in [1.807, 2.05) is 12.1 Å². The first kappa shape index (κ1) is 18.5. The first-order valence-electron chi connectivity index (χ1n) is 9.35. The summed E-state index contributed by atoms with van der Waals surface area (Å²) >= 11 is 0. The maximum absolute atomic E-state index is 9.36. The van der Waals surface area contributed by atoms with E-state index in [0.29, 0.717) is 13.0 Å². The van der Waals surface area contributed by atoms with Crippen LogP contribution in [0.1, 0.15) is 35.4 Å². The molecule has 0 saturated heterocycles. The van der Waals surface area contributed by atoms with Gasteiger partial charge in [-0.15, -0.1) is 0 Å². The molecule has 0 aliphatic carbocycles. The number of aliphatic hydroxyl groups is 1. The molecule has 0 radical (unpaired) electrons. The van der Waals surface area contributed by atoms with Crippen LogP contribution in [0.15, 0.2) is 36.4 Å². The van der Waals surface area contributed by atoms with Gasteiger partial charge in [-0.3, -0.25) is 0 Å². The van der Waals surface area contributed by atoms with Crippen LogP contribution in [0.4, 0.5) is 0 Å². The molecule has 0 spiro atoms. The van der Waals surface area contributed by atoms with Gasteiger partial charge in [-0.2, -0.15) is 0 Å². The lowest BCUT2D eigenvalue weighted by Gasteiger charge is -2.10. The number of nitrogens with zero attached hydrogens (tertiary/aromatic N) is 2. The summed E-state index contributed by atoms with van der Waals surface area (Å²) in [6, 6.07) is 12.5. The monoisotopic (exact) mass is 352 g/mol. The fourth-order valence-electron chi connectivity index (χ4n) is 3.17. The van der Waals surface area contributed by atoms with Gasteiger partial charge in [0.2, 0.25) is 0 Å². The van der Waals surface area contributed by atoms with Gasteiger partial charge in [0, 0.05) is 13.0 Å². The summed E-state index contributed by atoms with van der Waals surface area (Å²) in [5, 5.41) is 9.36. The molecule has 138 valence electrons. The molecule has 0 unspecified atom stereocenters. The number of aliphatic hydroxyl groups excluding tert-OH is 1. The molecule has 0 atom stereocenters. The zero-order valence-corrected chi connectivity index (χ0v) is 16.0. The Labute approximate surface area is 155 Å². The minimum atomic E-state index is 0.123. The van der Waals surface area contributed by atoms with Crippen LogP contribution in [0.5, 0.6) is 5.75 Å². The van der Waals surface area contributed by atoms with Gasteiger partial charge in [0.15, 0.2) is 0 Å². The number of hydrogen-bond donors (Lipinski definition) is 1. The van der Waals surface area contributed by atoms with Crippen molar-refractivity contribution < 1.29 is 9.84 Å². The number of hydrogen-bond acceptors (Lipinski definition) is 3. The summed E-state index contributed by atoms with van der Waals surface area (Å²) < 4.78 is 8.07. The zero-order chi connectivity index (χ0) is 18.5. The van der Waals surface area contributed by atoms with Gasteiger partial charge in [-0.1, -0.05) is 17.7 Å². The predicted molar refractivity (Wildman–Crippen MR) is 106 cm³/mol. The molecule has 0 bridgehead atoms. The van der Waals surface area contributed by atoms with Crippen molar-refractivity contribution in [3.63, 3.8) is 0 Å². The largest absolute Gasteiger partial charge is 0.494 e. The Morgan fingerprint density at radius 3 is 2.46 bits per heavy atom. The maximum Gasteiger partial charge on any atom is 0.119 e. The number of fused-ring (bicyclic) bond motifs is 1. The minimum Gasteiger partial charge on any atom is -0.494 e. The first-order valence-corrected chi connectivity index (χ1v) is 9.35. The van der Waals surface area contributed by atoms with Crippen LogP contribution in [-0.4, -0.2) is 27.9 Å². The van der Waals surface area contributed by atoms with Gasteiger partial charge in [-0.05, 0) is 69.0 Å². The molecule has 4 heteroatoms. The van der Waals surface area contributed by atoms with Gasteiger partial charge in [0.1, 0.15) is 11.6 Å². The Hall–Kier alpha value is -2.33. The van der Waals surface area contributed by atoms with E-state index in [1.165, 1.54) is 16.7 Å². The Bertz CT molecular complexity index is 866. The van der Waals surface area contributed by atoms with Gasteiger partial charge in [0.05, 0.1) is 24.2 Å². The van der Waals surface area contributed by atoms with Crippen LogP contribution >= 0.6 is 0 Å². The Balaban J connectivity index is 1.63. The van der Waals surface area contributed by atoms with E-state index in [9.17, 15) is 5.11 Å². The summed E-state index contributed by atoms with van der Waals surface area (Å²) in [4.78, 5) is 4.73. The fraction of sp³-hybridized carbons (Fsp3) is 0.409. The van der Waals surface area contributed by atoms with Gasteiger partial charge in [0.25, 0.3) is 0 Å². The third-order valence-corrected chi connectivity index (χ3v) is 4.84. The molecule has 1 heterocycles. The van der Waals surface area contributed by atoms with E-state index in [-0.39, 0.29) is 6.61 Å². The number of benzene rings is 2. The van der Waals surface area contributed by atoms with E-state index in [2.05, 4.69) is 49.6 Å². The average Bonchev–Trinajstić information content (AvgIpc) is 2.93. The van der Waals surface area contributed by atoms with Gasteiger partial charge in [-0.25, -0.2) is 4.98 Å². The summed E-state index contributed by atoms with van der Waals surface area (Å²) in [6.45, 7) is 8.05. The Morgan fingerprint density at radius 2 is 1.73 bits per heavy atom. The number of aryl methyl sites for hydroxylation is 4. The number of unbranched alkanes of at least 4 members (excludes halogenated alkanes) is 1. The van der Waals surface area contributed by atoms with E-state index < -0.39 is 0 Å². The molecule has 4 nitrogen and oxygen atoms in total. The average molecular weight is 352 g/mol. The van der Waals surface area contributed by atoms with Crippen molar-refractivity contribution in [1.82, 2.24) is 9.55 Å². The van der Waals surface area contributed by atoms with E-state index in [4.69, 9.17) is 9.72 Å². The summed E-state index contributed by atoms with van der Waals surface area (Å²) in [6.07, 6.45) is 2.59. The van der Waals surface area contributed by atoms with Crippen LogP contribution < -0.4 is 4.74 Å². The molecular formula is C22H28N2O2. The Morgan fingerprint density at radius 1 is 1.00 bits per heavy atom. The highest BCUT2D eigenvalue weighted by Gasteiger charge is 2.11. The lowest BCUT2D eigenvalue weighted by molar-refractivity contribution is 0.292. The van der Waals surface area contributed by atoms with Crippen molar-refractivity contribution in [1.29, 1.82) is 0 Å². The summed E-state index contributed by atoms with van der Waals surface area (Å²) in [5.74, 6) is 1.89. The van der Waals surface area contributed by atoms with Crippen molar-refractivity contribution in [2.24, 2.45) is 0 Å². The lowest BCUT2D eigenvalue weighted by Crippen LogP contribution is -2.07. The molecule has 0 saturated carbocycles. The van der Waals surface area contributed by atoms with Crippen LogP contribution in [-0.2, 0) is 13.0 Å². The molecule has 0 aliphatic heterocycles. The van der Waals surface area contributed by atoms with Gasteiger partial charge < -0.3 is 14.4 Å². The topological polar surface area (TPSA) is 47.3 Å². The van der Waals surface area contributed by atoms with Crippen molar-refractivity contribution in [3.05, 3.63) is 58.9 Å². The van der Waals surface area contributed by atoms with Crippen molar-refractivity contribution in [2.45, 2.75) is 46.6 Å². The number of rotatable bonds is 8. The zero-order valence-electron chi connectivity index (χ0n) is 16.0. The minimum absolute atomic E-state index is 0.123. The maximum atomic E-state index is 9.36. The molecule has 0 fully saturated rings. The van der Waals surface area contributed by atoms with Gasteiger partial charge >= 0.3 is 0 Å². The SMILES string of the molecule is Cc1ccc(OCCCCn2c(CCO)nc3cc(C)c(C)cc32)cc1. The normalized spacial score (nSPS) is 11.2. The highest BCUT2D eigenvalue weighted by molar-refractivity contribution is 5.78. The fourth-order valence-corrected chi connectivity index (χ4v) is 3.17. The van der Waals surface area contributed by atoms with Crippen molar-refractivity contribution >= 4 is 11.0 Å². The smallest absolute Gasteiger partial charge is 0.119 e. The molecular weight excluding hydrogens is 324 g/mol. The van der Waals surface area contributed by atoms with Crippen LogP contribution in [0.25, 0.3) is 11.0 Å². The van der Waals surface area contributed by atoms with E-state index in [0.717, 1.165) is 42.0 Å². The van der Waals surface area contributed by atoms with Crippen LogP contribution in [0, 0.1) is 20.8 Å². The predicted octanol–water partition coefficient (Wildman–Crippen LogP) is 4.36. The number of ether oxygens (including phenoxy) is 1. The second-order valence-corrected chi connectivity index (χ2v) is 6.95. The Kier molecular flexibility index (Phi) is 5.94. The third-order valence-electron chi connectivity index (χ3n) is 4.84. The molecule has 1 N–H and O–H groups in total. The molecule has 2 aromatic carbocycles. The van der Waals surface area contributed by atoms with E-state index in [1.54, 1.807) is 0 Å². The molecule has 1 aromatic heterocycles.